The third-order valence-corrected chi connectivity index (χ3v) is 2.74. The zero-order valence-corrected chi connectivity index (χ0v) is 8.90. The Morgan fingerprint density at radius 2 is 2.38 bits per heavy atom. The van der Waals surface area contributed by atoms with Gasteiger partial charge in [-0.1, -0.05) is 0 Å². The first-order valence-electron chi connectivity index (χ1n) is 5.22. The van der Waals surface area contributed by atoms with E-state index >= 15 is 0 Å². The number of aliphatic hydroxyl groups excluding tert-OH is 1. The average Bonchev–Trinajstić information content (AvgIpc) is 2.29. The van der Waals surface area contributed by atoms with E-state index in [1.54, 1.807) is 6.07 Å². The number of hydrogen-bond acceptors (Lipinski definition) is 4. The first-order valence-corrected chi connectivity index (χ1v) is 5.22. The number of hydrogen-bond donors (Lipinski definition) is 2. The van der Waals surface area contributed by atoms with Crippen LogP contribution in [0.25, 0.3) is 0 Å². The molecule has 16 heavy (non-hydrogen) atoms. The van der Waals surface area contributed by atoms with Gasteiger partial charge in [-0.3, -0.25) is 0 Å². The minimum Gasteiger partial charge on any atom is -0.397 e. The Morgan fingerprint density at radius 3 is 3.06 bits per heavy atom. The van der Waals surface area contributed by atoms with Gasteiger partial charge in [-0.05, 0) is 18.2 Å². The number of anilines is 2. The van der Waals surface area contributed by atoms with E-state index in [2.05, 4.69) is 0 Å². The Balaban J connectivity index is 2.27. The second-order valence-electron chi connectivity index (χ2n) is 3.81. The van der Waals surface area contributed by atoms with Crippen LogP contribution < -0.4 is 10.6 Å². The van der Waals surface area contributed by atoms with Crippen LogP contribution in [-0.2, 0) is 4.74 Å². The maximum atomic E-state index is 12.9. The van der Waals surface area contributed by atoms with Gasteiger partial charge in [-0.25, -0.2) is 4.39 Å². The molecule has 5 heteroatoms. The summed E-state index contributed by atoms with van der Waals surface area (Å²) >= 11 is 0. The number of aliphatic hydroxyl groups is 1. The summed E-state index contributed by atoms with van der Waals surface area (Å²) in [5.41, 5.74) is 6.91. The van der Waals surface area contributed by atoms with Crippen molar-refractivity contribution in [3.05, 3.63) is 24.0 Å². The summed E-state index contributed by atoms with van der Waals surface area (Å²) < 4.78 is 18.2. The van der Waals surface area contributed by atoms with Crippen LogP contribution in [0.2, 0.25) is 0 Å². The molecule has 0 saturated carbocycles. The molecule has 1 aromatic carbocycles. The number of halogens is 1. The Morgan fingerprint density at radius 1 is 1.56 bits per heavy atom. The largest absolute Gasteiger partial charge is 0.397 e. The lowest BCUT2D eigenvalue weighted by Gasteiger charge is -2.36. The third-order valence-electron chi connectivity index (χ3n) is 2.74. The fourth-order valence-corrected chi connectivity index (χ4v) is 1.91. The second kappa shape index (κ2) is 4.67. The number of nitrogens with zero attached hydrogens (tertiary/aromatic N) is 1. The van der Waals surface area contributed by atoms with Crippen LogP contribution in [-0.4, -0.2) is 37.5 Å². The first-order chi connectivity index (χ1) is 7.72. The van der Waals surface area contributed by atoms with Crippen LogP contribution in [0.4, 0.5) is 15.8 Å². The van der Waals surface area contributed by atoms with Crippen molar-refractivity contribution in [3.63, 3.8) is 0 Å². The van der Waals surface area contributed by atoms with Crippen molar-refractivity contribution in [1.29, 1.82) is 0 Å². The van der Waals surface area contributed by atoms with Gasteiger partial charge in [-0.15, -0.1) is 0 Å². The topological polar surface area (TPSA) is 58.7 Å². The summed E-state index contributed by atoms with van der Waals surface area (Å²) in [6.45, 7) is 1.71. The highest BCUT2D eigenvalue weighted by atomic mass is 19.1. The van der Waals surface area contributed by atoms with Crippen LogP contribution >= 0.6 is 0 Å². The van der Waals surface area contributed by atoms with E-state index in [0.29, 0.717) is 25.4 Å². The highest BCUT2D eigenvalue weighted by molar-refractivity contribution is 5.68. The molecule has 1 aliphatic heterocycles. The maximum Gasteiger partial charge on any atom is 0.125 e. The highest BCUT2D eigenvalue weighted by Crippen LogP contribution is 2.26. The number of morpholine rings is 1. The van der Waals surface area contributed by atoms with Gasteiger partial charge >= 0.3 is 0 Å². The molecule has 0 amide bonds. The molecule has 1 atom stereocenters. The number of nitrogens with two attached hydrogens (primary N) is 1. The molecule has 1 unspecified atom stereocenters. The van der Waals surface area contributed by atoms with E-state index < -0.39 is 0 Å². The normalized spacial score (nSPS) is 21.1. The Labute approximate surface area is 93.4 Å². The molecule has 1 heterocycles. The zero-order chi connectivity index (χ0) is 11.5. The monoisotopic (exact) mass is 226 g/mol. The quantitative estimate of drug-likeness (QED) is 0.725. The lowest BCUT2D eigenvalue weighted by molar-refractivity contribution is 0.0728. The van der Waals surface area contributed by atoms with Crippen molar-refractivity contribution in [2.24, 2.45) is 0 Å². The summed E-state index contributed by atoms with van der Waals surface area (Å²) in [5.74, 6) is -0.352. The van der Waals surface area contributed by atoms with Gasteiger partial charge in [0.15, 0.2) is 0 Å². The van der Waals surface area contributed by atoms with E-state index in [0.717, 1.165) is 5.69 Å². The van der Waals surface area contributed by atoms with Crippen molar-refractivity contribution >= 4 is 11.4 Å². The van der Waals surface area contributed by atoms with E-state index in [9.17, 15) is 9.50 Å². The summed E-state index contributed by atoms with van der Waals surface area (Å²) in [5, 5.41) is 9.23. The summed E-state index contributed by atoms with van der Waals surface area (Å²) in [6.07, 6.45) is 0. The van der Waals surface area contributed by atoms with Crippen molar-refractivity contribution in [3.8, 4) is 0 Å². The van der Waals surface area contributed by atoms with Crippen LogP contribution in [0.5, 0.6) is 0 Å². The molecular weight excluding hydrogens is 211 g/mol. The number of benzene rings is 1. The fourth-order valence-electron chi connectivity index (χ4n) is 1.91. The third kappa shape index (κ3) is 2.10. The molecule has 1 fully saturated rings. The molecule has 0 radical (unpaired) electrons. The molecule has 0 bridgehead atoms. The number of ether oxygens (including phenoxy) is 1. The molecule has 1 aliphatic rings. The van der Waals surface area contributed by atoms with Gasteiger partial charge in [0.1, 0.15) is 5.82 Å². The Hall–Kier alpha value is -1.33. The van der Waals surface area contributed by atoms with Gasteiger partial charge in [0.2, 0.25) is 0 Å². The SMILES string of the molecule is Nc1cc(F)ccc1N1CCOCC1CO. The minimum absolute atomic E-state index is 0.00316. The Bertz CT molecular complexity index is 373. The summed E-state index contributed by atoms with van der Waals surface area (Å²) in [4.78, 5) is 1.96. The van der Waals surface area contributed by atoms with Crippen molar-refractivity contribution in [1.82, 2.24) is 0 Å². The van der Waals surface area contributed by atoms with Gasteiger partial charge in [-0.2, -0.15) is 0 Å². The van der Waals surface area contributed by atoms with Crippen molar-refractivity contribution in [2.45, 2.75) is 6.04 Å². The molecule has 3 N–H and O–H groups in total. The molecule has 0 aliphatic carbocycles. The minimum atomic E-state index is -0.352. The molecule has 1 saturated heterocycles. The molecule has 2 rings (SSSR count). The molecular formula is C11H15FN2O2. The van der Waals surface area contributed by atoms with Crippen molar-refractivity contribution in [2.75, 3.05) is 37.0 Å². The van der Waals surface area contributed by atoms with Gasteiger partial charge in [0.25, 0.3) is 0 Å². The van der Waals surface area contributed by atoms with E-state index in [-0.39, 0.29) is 18.5 Å². The van der Waals surface area contributed by atoms with Crippen LogP contribution in [0.3, 0.4) is 0 Å². The van der Waals surface area contributed by atoms with Gasteiger partial charge in [0.05, 0.1) is 37.2 Å². The fraction of sp³-hybridized carbons (Fsp3) is 0.455. The predicted octanol–water partition coefficient (Wildman–Crippen LogP) is 0.605. The van der Waals surface area contributed by atoms with Crippen molar-refractivity contribution < 1.29 is 14.2 Å². The summed E-state index contributed by atoms with van der Waals surface area (Å²) in [6, 6.07) is 4.19. The van der Waals surface area contributed by atoms with E-state index in [4.69, 9.17) is 10.5 Å². The number of rotatable bonds is 2. The first kappa shape index (κ1) is 11.2. The van der Waals surface area contributed by atoms with E-state index in [1.807, 2.05) is 4.90 Å². The maximum absolute atomic E-state index is 12.9. The molecule has 4 nitrogen and oxygen atoms in total. The van der Waals surface area contributed by atoms with Crippen LogP contribution in [0, 0.1) is 5.82 Å². The van der Waals surface area contributed by atoms with Gasteiger partial charge in [0, 0.05) is 6.54 Å². The Kier molecular flexibility index (Phi) is 3.26. The van der Waals surface area contributed by atoms with Gasteiger partial charge < -0.3 is 20.5 Å². The average molecular weight is 226 g/mol. The highest BCUT2D eigenvalue weighted by Gasteiger charge is 2.23. The lowest BCUT2D eigenvalue weighted by Crippen LogP contribution is -2.47. The smallest absolute Gasteiger partial charge is 0.125 e. The lowest BCUT2D eigenvalue weighted by atomic mass is 10.1. The van der Waals surface area contributed by atoms with Crippen LogP contribution in [0.1, 0.15) is 0 Å². The summed E-state index contributed by atoms with van der Waals surface area (Å²) in [7, 11) is 0. The molecule has 0 spiro atoms. The molecule has 0 aromatic heterocycles. The van der Waals surface area contributed by atoms with Crippen LogP contribution in [0.15, 0.2) is 18.2 Å². The standard InChI is InChI=1S/C11H15FN2O2/c12-8-1-2-11(10(13)5-8)14-3-4-16-7-9(14)6-15/h1-2,5,9,15H,3-4,6-7,13H2. The predicted molar refractivity (Wildman–Crippen MR) is 59.9 cm³/mol. The molecule has 88 valence electrons. The zero-order valence-electron chi connectivity index (χ0n) is 8.90. The second-order valence-corrected chi connectivity index (χ2v) is 3.81. The molecule has 1 aromatic rings. The number of nitrogen functional groups attached to an aromatic ring is 1. The van der Waals surface area contributed by atoms with E-state index in [1.165, 1.54) is 12.1 Å².